The second-order valence-electron chi connectivity index (χ2n) is 4.60. The topological polar surface area (TPSA) is 9.23 Å². The number of hydrogen-bond donors (Lipinski definition) is 0. The van der Waals surface area contributed by atoms with Crippen molar-refractivity contribution in [3.63, 3.8) is 0 Å². The van der Waals surface area contributed by atoms with Crippen LogP contribution in [0, 0.1) is 6.92 Å². The molecule has 18 heavy (non-hydrogen) atoms. The van der Waals surface area contributed by atoms with E-state index in [9.17, 15) is 0 Å². The van der Waals surface area contributed by atoms with Crippen molar-refractivity contribution in [1.82, 2.24) is 0 Å². The van der Waals surface area contributed by atoms with Crippen molar-refractivity contribution in [2.45, 2.75) is 13.5 Å². The summed E-state index contributed by atoms with van der Waals surface area (Å²) >= 11 is 6.83. The molecule has 0 N–H and O–H groups in total. The SMILES string of the molecule is COc1ccc([Si](C)(Cl)c2ccc(C)cc2)cc1. The second-order valence-corrected chi connectivity index (χ2v) is 10.0. The van der Waals surface area contributed by atoms with Crippen LogP contribution in [0.3, 0.4) is 0 Å². The molecule has 94 valence electrons. The van der Waals surface area contributed by atoms with Gasteiger partial charge >= 0.3 is 0 Å². The van der Waals surface area contributed by atoms with Crippen LogP contribution in [0.15, 0.2) is 48.5 Å². The van der Waals surface area contributed by atoms with Gasteiger partial charge in [0.25, 0.3) is 0 Å². The minimum Gasteiger partial charge on any atom is -0.497 e. The van der Waals surface area contributed by atoms with Gasteiger partial charge in [-0.3, -0.25) is 0 Å². The van der Waals surface area contributed by atoms with E-state index in [1.165, 1.54) is 15.9 Å². The van der Waals surface area contributed by atoms with Crippen LogP contribution in [-0.2, 0) is 0 Å². The van der Waals surface area contributed by atoms with Crippen LogP contribution in [0.5, 0.6) is 5.75 Å². The zero-order valence-corrected chi connectivity index (χ0v) is 12.7. The minimum atomic E-state index is -2.10. The molecule has 0 saturated heterocycles. The smallest absolute Gasteiger partial charge is 0.214 e. The van der Waals surface area contributed by atoms with Crippen molar-refractivity contribution in [3.05, 3.63) is 54.1 Å². The van der Waals surface area contributed by atoms with E-state index in [0.29, 0.717) is 0 Å². The monoisotopic (exact) mass is 276 g/mol. The number of ether oxygens (including phenoxy) is 1. The van der Waals surface area contributed by atoms with E-state index >= 15 is 0 Å². The maximum atomic E-state index is 6.83. The first-order valence-corrected chi connectivity index (χ1v) is 9.46. The summed E-state index contributed by atoms with van der Waals surface area (Å²) in [5.74, 6) is 0.865. The highest BCUT2D eigenvalue weighted by molar-refractivity contribution is 7.33. The third-order valence-corrected chi connectivity index (χ3v) is 7.37. The fraction of sp³-hybridized carbons (Fsp3) is 0.200. The summed E-state index contributed by atoms with van der Waals surface area (Å²) in [5, 5.41) is 2.44. The lowest BCUT2D eigenvalue weighted by molar-refractivity contribution is 0.415. The Hall–Kier alpha value is -1.25. The van der Waals surface area contributed by atoms with Crippen LogP contribution in [0.4, 0.5) is 0 Å². The van der Waals surface area contributed by atoms with Crippen LogP contribution in [0.25, 0.3) is 0 Å². The molecule has 0 fully saturated rings. The van der Waals surface area contributed by atoms with Gasteiger partial charge in [-0.2, -0.15) is 11.1 Å². The number of aryl methyl sites for hydroxylation is 1. The Morgan fingerprint density at radius 2 is 1.33 bits per heavy atom. The molecule has 0 aliphatic heterocycles. The quantitative estimate of drug-likeness (QED) is 0.619. The number of benzene rings is 2. The van der Waals surface area contributed by atoms with Crippen molar-refractivity contribution in [2.24, 2.45) is 0 Å². The van der Waals surface area contributed by atoms with E-state index in [1.807, 2.05) is 12.1 Å². The Morgan fingerprint density at radius 1 is 0.889 bits per heavy atom. The summed E-state index contributed by atoms with van der Waals surface area (Å²) in [7, 11) is -0.425. The summed E-state index contributed by atoms with van der Waals surface area (Å²) < 4.78 is 5.18. The molecule has 2 aromatic rings. The first-order chi connectivity index (χ1) is 8.54. The number of hydrogen-bond acceptors (Lipinski definition) is 1. The minimum absolute atomic E-state index is 0.865. The van der Waals surface area contributed by atoms with Gasteiger partial charge in [-0.1, -0.05) is 42.0 Å². The summed E-state index contributed by atoms with van der Waals surface area (Å²) in [4.78, 5) is 0. The lowest BCUT2D eigenvalue weighted by Gasteiger charge is -2.21. The van der Waals surface area contributed by atoms with Gasteiger partial charge in [0.15, 0.2) is 0 Å². The third kappa shape index (κ3) is 2.60. The Balaban J connectivity index is 2.37. The van der Waals surface area contributed by atoms with Crippen LogP contribution in [0.2, 0.25) is 6.55 Å². The lowest BCUT2D eigenvalue weighted by atomic mass is 10.2. The van der Waals surface area contributed by atoms with Crippen molar-refractivity contribution in [1.29, 1.82) is 0 Å². The third-order valence-electron chi connectivity index (χ3n) is 3.23. The van der Waals surface area contributed by atoms with E-state index in [4.69, 9.17) is 15.8 Å². The van der Waals surface area contributed by atoms with Crippen LogP contribution >= 0.6 is 11.1 Å². The van der Waals surface area contributed by atoms with Crippen LogP contribution in [-0.4, -0.2) is 14.5 Å². The standard InChI is InChI=1S/C15H17ClOSi/c1-12-4-8-14(9-5-12)18(3,16)15-10-6-13(17-2)7-11-15/h4-11H,1-3H3. The summed E-state index contributed by atoms with van der Waals surface area (Å²) in [5.41, 5.74) is 1.26. The molecule has 0 aliphatic carbocycles. The van der Waals surface area contributed by atoms with Crippen molar-refractivity contribution in [3.8, 4) is 5.75 Å². The molecule has 0 aromatic heterocycles. The molecule has 3 heteroatoms. The van der Waals surface area contributed by atoms with Gasteiger partial charge in [-0.05, 0) is 36.0 Å². The maximum absolute atomic E-state index is 6.83. The van der Waals surface area contributed by atoms with Crippen LogP contribution < -0.4 is 15.1 Å². The largest absolute Gasteiger partial charge is 0.497 e. The highest BCUT2D eigenvalue weighted by atomic mass is 35.6. The first kappa shape index (κ1) is 13.2. The maximum Gasteiger partial charge on any atom is 0.214 e. The van der Waals surface area contributed by atoms with E-state index in [1.54, 1.807) is 7.11 Å². The summed E-state index contributed by atoms with van der Waals surface area (Å²) in [6.45, 7) is 4.24. The fourth-order valence-corrected chi connectivity index (χ4v) is 4.61. The molecule has 0 heterocycles. The molecule has 0 amide bonds. The molecule has 1 nitrogen and oxygen atoms in total. The van der Waals surface area contributed by atoms with Crippen molar-refractivity contribution in [2.75, 3.05) is 7.11 Å². The summed E-state index contributed by atoms with van der Waals surface area (Å²) in [6.07, 6.45) is 0. The van der Waals surface area contributed by atoms with E-state index < -0.39 is 7.38 Å². The van der Waals surface area contributed by atoms with E-state index in [2.05, 4.69) is 49.9 Å². The Bertz CT molecular complexity index is 517. The van der Waals surface area contributed by atoms with Gasteiger partial charge in [-0.25, -0.2) is 0 Å². The molecular weight excluding hydrogens is 260 g/mol. The van der Waals surface area contributed by atoms with Gasteiger partial charge in [0.2, 0.25) is 7.38 Å². The average Bonchev–Trinajstić information content (AvgIpc) is 2.39. The van der Waals surface area contributed by atoms with E-state index in [-0.39, 0.29) is 0 Å². The molecule has 1 unspecified atom stereocenters. The first-order valence-electron chi connectivity index (χ1n) is 5.94. The van der Waals surface area contributed by atoms with Crippen molar-refractivity contribution >= 4 is 28.8 Å². The van der Waals surface area contributed by atoms with Gasteiger partial charge in [0, 0.05) is 0 Å². The predicted molar refractivity (Wildman–Crippen MR) is 80.9 cm³/mol. The Labute approximate surface area is 114 Å². The second kappa shape index (κ2) is 5.17. The molecule has 2 aromatic carbocycles. The average molecular weight is 277 g/mol. The molecule has 0 bridgehead atoms. The summed E-state index contributed by atoms with van der Waals surface area (Å²) in [6, 6.07) is 16.6. The molecule has 0 saturated carbocycles. The zero-order chi connectivity index (χ0) is 13.2. The molecule has 0 radical (unpaired) electrons. The van der Waals surface area contributed by atoms with Crippen LogP contribution in [0.1, 0.15) is 5.56 Å². The number of halogens is 1. The molecule has 0 aliphatic rings. The Morgan fingerprint density at radius 3 is 1.78 bits per heavy atom. The van der Waals surface area contributed by atoms with Crippen molar-refractivity contribution < 1.29 is 4.74 Å². The Kier molecular flexibility index (Phi) is 3.78. The fourth-order valence-electron chi connectivity index (χ4n) is 1.94. The molecule has 1 atom stereocenters. The van der Waals surface area contributed by atoms with Gasteiger partial charge in [-0.15, -0.1) is 0 Å². The molecular formula is C15H17ClOSi. The predicted octanol–water partition coefficient (Wildman–Crippen LogP) is 2.93. The number of methoxy groups -OCH3 is 1. The van der Waals surface area contributed by atoms with Gasteiger partial charge in [0.1, 0.15) is 5.75 Å². The molecule has 2 rings (SSSR count). The zero-order valence-electron chi connectivity index (χ0n) is 10.9. The van der Waals surface area contributed by atoms with Gasteiger partial charge in [0.05, 0.1) is 7.11 Å². The lowest BCUT2D eigenvalue weighted by Crippen LogP contribution is -2.50. The molecule has 0 spiro atoms. The van der Waals surface area contributed by atoms with E-state index in [0.717, 1.165) is 5.75 Å². The highest BCUT2D eigenvalue weighted by Crippen LogP contribution is 2.14. The number of rotatable bonds is 3. The van der Waals surface area contributed by atoms with Gasteiger partial charge < -0.3 is 4.74 Å². The normalized spacial score (nSPS) is 14.0. The highest BCUT2D eigenvalue weighted by Gasteiger charge is 2.29.